The van der Waals surface area contributed by atoms with Gasteiger partial charge in [-0.25, -0.2) is 4.39 Å². The number of hydrogen-bond donors (Lipinski definition) is 1. The second-order valence-corrected chi connectivity index (χ2v) is 12.7. The molecule has 0 amide bonds. The monoisotopic (exact) mass is 582 g/mol. The summed E-state index contributed by atoms with van der Waals surface area (Å²) in [4.78, 5) is 44.0. The number of fused-ring (bicyclic) bond motifs is 2. The van der Waals surface area contributed by atoms with Crippen molar-refractivity contribution in [3.05, 3.63) is 112 Å². The second kappa shape index (κ2) is 10.5. The van der Waals surface area contributed by atoms with Gasteiger partial charge in [0.15, 0.2) is 17.7 Å². The number of carbonyl (C=O) groups is 3. The van der Waals surface area contributed by atoms with Crippen molar-refractivity contribution in [1.29, 1.82) is 0 Å². The van der Waals surface area contributed by atoms with Crippen molar-refractivity contribution in [3.63, 3.8) is 0 Å². The summed E-state index contributed by atoms with van der Waals surface area (Å²) in [5.74, 6) is -1.81. The summed E-state index contributed by atoms with van der Waals surface area (Å²) in [5, 5.41) is 9.73. The average molecular weight is 583 g/mol. The van der Waals surface area contributed by atoms with Gasteiger partial charge in [0, 0.05) is 41.1 Å². The number of halogens is 1. The van der Waals surface area contributed by atoms with Gasteiger partial charge in [0.25, 0.3) is 0 Å². The number of aryl methyl sites for hydroxylation is 2. The van der Waals surface area contributed by atoms with E-state index in [1.807, 2.05) is 69.0 Å². The van der Waals surface area contributed by atoms with Gasteiger partial charge in [0.2, 0.25) is 5.78 Å². The topological polar surface area (TPSA) is 87.2 Å². The number of rotatable bonds is 7. The normalized spacial score (nSPS) is 24.7. The minimum atomic E-state index is -1.39. The molecule has 8 heteroatoms. The number of carboxylic acids is 1. The zero-order chi connectivity index (χ0) is 30.7. The first-order valence-electron chi connectivity index (χ1n) is 14.6. The predicted molar refractivity (Wildman–Crippen MR) is 160 cm³/mol. The minimum absolute atomic E-state index is 0.0133. The molecule has 3 aromatic rings. The summed E-state index contributed by atoms with van der Waals surface area (Å²) < 4.78 is 21.2. The predicted octanol–water partition coefficient (Wildman–Crippen LogP) is 6.14. The van der Waals surface area contributed by atoms with E-state index in [1.165, 1.54) is 12.1 Å². The fourth-order valence-corrected chi connectivity index (χ4v) is 6.83. The molecule has 3 atom stereocenters. The summed E-state index contributed by atoms with van der Waals surface area (Å²) >= 11 is 0. The minimum Gasteiger partial charge on any atom is -0.481 e. The molecule has 0 aromatic heterocycles. The van der Waals surface area contributed by atoms with E-state index >= 15 is 0 Å². The first-order valence-corrected chi connectivity index (χ1v) is 14.6. The number of aliphatic carboxylic acids is 1. The zero-order valence-corrected chi connectivity index (χ0v) is 24.8. The number of carbonyl (C=O) groups excluding carboxylic acids is 2. The maximum absolute atomic E-state index is 14.2. The highest BCUT2D eigenvalue weighted by molar-refractivity contribution is 6.03. The van der Waals surface area contributed by atoms with Gasteiger partial charge in [-0.1, -0.05) is 73.5 Å². The Balaban J connectivity index is 1.62. The Hall–Kier alpha value is -4.14. The number of carboxylic acid groups (broad SMARTS) is 1. The number of benzene rings is 3. The fraction of sp³-hybridized carbons (Fsp3) is 0.343. The van der Waals surface area contributed by atoms with Crippen LogP contribution in [-0.4, -0.2) is 46.4 Å². The van der Waals surface area contributed by atoms with Crippen molar-refractivity contribution in [2.24, 2.45) is 5.41 Å². The van der Waals surface area contributed by atoms with Crippen LogP contribution in [0.15, 0.2) is 84.1 Å². The third-order valence-corrected chi connectivity index (χ3v) is 8.76. The number of hydrogen-bond acceptors (Lipinski definition) is 6. The number of ether oxygens (including phenoxy) is 1. The standard InChI is InChI=1S/C35H35FN2O5/c1-21-5-9-23(10-6-21)31(42)33-37(18-17-29(40)41)32-30-27(19-34(3,4)20-28(30)39)38(26-15-13-25(36)14-16-26)35(32,43-33)24-11-7-22(2)8-12-24/h5-16,32-33H,17-20H2,1-4H3,(H,40,41)/t32-,33-,35-/m0/s1. The third kappa shape index (κ3) is 4.88. The molecule has 1 aliphatic carbocycles. The Bertz CT molecular complexity index is 1630. The van der Waals surface area contributed by atoms with Crippen molar-refractivity contribution < 1.29 is 28.6 Å². The van der Waals surface area contributed by atoms with Gasteiger partial charge in [0.1, 0.15) is 5.82 Å². The number of allylic oxidation sites excluding steroid dienone is 1. The molecule has 222 valence electrons. The Kier molecular flexibility index (Phi) is 7.10. The average Bonchev–Trinajstić information content (AvgIpc) is 3.42. The number of nitrogens with zero attached hydrogens (tertiary/aromatic N) is 2. The smallest absolute Gasteiger partial charge is 0.304 e. The van der Waals surface area contributed by atoms with Gasteiger partial charge in [-0.05, 0) is 49.9 Å². The van der Waals surface area contributed by atoms with E-state index in [-0.39, 0.29) is 29.9 Å². The van der Waals surface area contributed by atoms with E-state index in [0.29, 0.717) is 35.2 Å². The summed E-state index contributed by atoms with van der Waals surface area (Å²) in [6.07, 6.45) is -0.580. The van der Waals surface area contributed by atoms with E-state index in [9.17, 15) is 23.9 Å². The molecule has 6 rings (SSSR count). The van der Waals surface area contributed by atoms with Crippen molar-refractivity contribution in [2.45, 2.75) is 65.0 Å². The molecule has 0 saturated carbocycles. The van der Waals surface area contributed by atoms with Gasteiger partial charge in [-0.15, -0.1) is 0 Å². The van der Waals surface area contributed by atoms with E-state index in [2.05, 4.69) is 0 Å². The van der Waals surface area contributed by atoms with Crippen molar-refractivity contribution in [1.82, 2.24) is 4.90 Å². The number of Topliss-reactive ketones (excluding diaryl/α,β-unsaturated/α-hetero) is 2. The highest BCUT2D eigenvalue weighted by Crippen LogP contribution is 2.59. The van der Waals surface area contributed by atoms with Crippen molar-refractivity contribution >= 4 is 23.2 Å². The van der Waals surface area contributed by atoms with Crippen LogP contribution in [0.1, 0.15) is 60.2 Å². The summed E-state index contributed by atoms with van der Waals surface area (Å²) in [6.45, 7) is 7.97. The van der Waals surface area contributed by atoms with Crippen LogP contribution in [0, 0.1) is 25.1 Å². The van der Waals surface area contributed by atoms with Crippen LogP contribution in [-0.2, 0) is 20.1 Å². The molecule has 1 fully saturated rings. The largest absolute Gasteiger partial charge is 0.481 e. The Morgan fingerprint density at radius 1 is 0.930 bits per heavy atom. The lowest BCUT2D eigenvalue weighted by Crippen LogP contribution is -2.51. The molecule has 0 unspecified atom stereocenters. The van der Waals surface area contributed by atoms with E-state index in [0.717, 1.165) is 16.8 Å². The van der Waals surface area contributed by atoms with Crippen LogP contribution in [0.4, 0.5) is 10.1 Å². The van der Waals surface area contributed by atoms with Gasteiger partial charge < -0.3 is 14.7 Å². The van der Waals surface area contributed by atoms with Crippen LogP contribution in [0.2, 0.25) is 0 Å². The molecule has 1 saturated heterocycles. The van der Waals surface area contributed by atoms with Crippen LogP contribution >= 0.6 is 0 Å². The first kappa shape index (κ1) is 29.0. The maximum Gasteiger partial charge on any atom is 0.304 e. The molecule has 2 aliphatic heterocycles. The molecule has 3 aromatic carbocycles. The number of ketones is 2. The van der Waals surface area contributed by atoms with Crippen molar-refractivity contribution in [3.8, 4) is 0 Å². The molecule has 0 bridgehead atoms. The lowest BCUT2D eigenvalue weighted by molar-refractivity contribution is -0.137. The van der Waals surface area contributed by atoms with Crippen LogP contribution in [0.3, 0.4) is 0 Å². The van der Waals surface area contributed by atoms with Crippen molar-refractivity contribution in [2.75, 3.05) is 11.4 Å². The highest BCUT2D eigenvalue weighted by Gasteiger charge is 2.67. The Morgan fingerprint density at radius 3 is 2.14 bits per heavy atom. The van der Waals surface area contributed by atoms with Gasteiger partial charge >= 0.3 is 5.97 Å². The summed E-state index contributed by atoms with van der Waals surface area (Å²) in [5.41, 5.74) is 3.29. The summed E-state index contributed by atoms with van der Waals surface area (Å²) in [7, 11) is 0. The Morgan fingerprint density at radius 2 is 1.53 bits per heavy atom. The molecule has 0 radical (unpaired) electrons. The van der Waals surface area contributed by atoms with Crippen LogP contribution in [0.25, 0.3) is 0 Å². The lowest BCUT2D eigenvalue weighted by Gasteiger charge is -2.42. The van der Waals surface area contributed by atoms with Crippen LogP contribution < -0.4 is 4.90 Å². The fourth-order valence-electron chi connectivity index (χ4n) is 6.83. The van der Waals surface area contributed by atoms with Crippen LogP contribution in [0.5, 0.6) is 0 Å². The quantitative estimate of drug-likeness (QED) is 0.335. The molecular weight excluding hydrogens is 547 g/mol. The van der Waals surface area contributed by atoms with E-state index < -0.39 is 29.8 Å². The van der Waals surface area contributed by atoms with E-state index in [1.54, 1.807) is 29.2 Å². The zero-order valence-electron chi connectivity index (χ0n) is 24.8. The van der Waals surface area contributed by atoms with E-state index in [4.69, 9.17) is 4.74 Å². The first-order chi connectivity index (χ1) is 20.4. The molecule has 7 nitrogen and oxygen atoms in total. The van der Waals surface area contributed by atoms with Gasteiger partial charge in [-0.2, -0.15) is 0 Å². The summed E-state index contributed by atoms with van der Waals surface area (Å²) in [6, 6.07) is 20.2. The number of anilines is 1. The maximum atomic E-state index is 14.2. The SMILES string of the molecule is Cc1ccc(C(=O)[C@@H]2O[C@@]3(c4ccc(C)cc4)[C@H](C4=C(CC(C)(C)CC4=O)N3c3ccc(F)cc3)N2CCC(=O)O)cc1. The molecule has 0 spiro atoms. The Labute approximate surface area is 250 Å². The molecule has 2 heterocycles. The molecule has 3 aliphatic rings. The second-order valence-electron chi connectivity index (χ2n) is 12.7. The van der Waals surface area contributed by atoms with Gasteiger partial charge in [0.05, 0.1) is 12.5 Å². The highest BCUT2D eigenvalue weighted by atomic mass is 19.1. The molecule has 1 N–H and O–H groups in total. The molecule has 43 heavy (non-hydrogen) atoms. The molecular formula is C35H35FN2O5. The van der Waals surface area contributed by atoms with Gasteiger partial charge in [-0.3, -0.25) is 19.3 Å². The third-order valence-electron chi connectivity index (χ3n) is 8.76. The lowest BCUT2D eigenvalue weighted by atomic mass is 9.74.